The molecule has 0 aliphatic carbocycles. The van der Waals surface area contributed by atoms with Crippen LogP contribution >= 0.6 is 11.6 Å². The number of hydrogen-bond donors (Lipinski definition) is 1. The Morgan fingerprint density at radius 2 is 1.30 bits per heavy atom. The van der Waals surface area contributed by atoms with E-state index >= 15 is 0 Å². The van der Waals surface area contributed by atoms with E-state index in [9.17, 15) is 9.59 Å². The van der Waals surface area contributed by atoms with Crippen molar-refractivity contribution in [3.05, 3.63) is 102 Å². The Bertz CT molecular complexity index is 2140. The van der Waals surface area contributed by atoms with Crippen molar-refractivity contribution < 1.29 is 9.59 Å². The fourth-order valence-corrected chi connectivity index (χ4v) is 6.53. The molecule has 1 aliphatic heterocycles. The number of aromatic nitrogens is 6. The van der Waals surface area contributed by atoms with Crippen LogP contribution in [0.3, 0.4) is 0 Å². The number of aryl methyl sites for hydroxylation is 1. The first-order valence-electron chi connectivity index (χ1n) is 19.1. The highest BCUT2D eigenvalue weighted by molar-refractivity contribution is 6.62. The van der Waals surface area contributed by atoms with Gasteiger partial charge in [0.2, 0.25) is 17.8 Å². The Balaban J connectivity index is 0.000000221. The van der Waals surface area contributed by atoms with Gasteiger partial charge in [0.25, 0.3) is 0 Å². The van der Waals surface area contributed by atoms with Gasteiger partial charge in [0.15, 0.2) is 11.3 Å². The molecule has 0 saturated carbocycles. The van der Waals surface area contributed by atoms with Crippen molar-refractivity contribution >= 4 is 62.8 Å². The second-order valence-electron chi connectivity index (χ2n) is 13.2. The number of pyridine rings is 2. The summed E-state index contributed by atoms with van der Waals surface area (Å²) in [7, 11) is 3.27. The summed E-state index contributed by atoms with van der Waals surface area (Å²) in [5.41, 5.74) is 8.20. The van der Waals surface area contributed by atoms with Crippen molar-refractivity contribution in [3.63, 3.8) is 0 Å². The predicted molar refractivity (Wildman–Crippen MR) is 231 cm³/mol. The summed E-state index contributed by atoms with van der Waals surface area (Å²) in [6.07, 6.45) is 7.52. The fourth-order valence-electron chi connectivity index (χ4n) is 6.53. The molecule has 1 fully saturated rings. The van der Waals surface area contributed by atoms with Gasteiger partial charge in [-0.25, -0.2) is 9.97 Å². The maximum absolute atomic E-state index is 12.1. The molecule has 56 heavy (non-hydrogen) atoms. The number of rotatable bonds is 11. The van der Waals surface area contributed by atoms with Gasteiger partial charge in [0.1, 0.15) is 0 Å². The second-order valence-corrected chi connectivity index (χ2v) is 13.6. The fraction of sp³-hybridized carbons (Fsp3) is 0.395. The minimum atomic E-state index is -0.523. The summed E-state index contributed by atoms with van der Waals surface area (Å²) in [5.74, 6) is 2.06. The normalized spacial score (nSPS) is 11.9. The standard InChI is InChI=1S/C21H25N5O.C19H24N4.C2H4ClNO.CH4/c1-3-19(27)24(2)17-13-18-20(22-14-17)23-21(25-11-7-8-12-25)26(18)15-16-9-5-4-6-10-16;1-4-15-12-17-18(20-13-15)21-19(22(5-2)6-3)23(17)14-16-10-8-7-9-11-16;1-4-2(3)5;/h4-6,9-10,13-14H,3,7-8,11-12,15H2,1-2H3;7-13H,4-6,14H2,1-3H3;1H3,(H,4,5);1H4. The van der Waals surface area contributed by atoms with Gasteiger partial charge in [0, 0.05) is 52.9 Å². The summed E-state index contributed by atoms with van der Waals surface area (Å²) >= 11 is 4.71. The lowest BCUT2D eigenvalue weighted by molar-refractivity contribution is -0.118. The van der Waals surface area contributed by atoms with E-state index in [2.05, 4.69) is 116 Å². The number of hydrogen-bond acceptors (Lipinski definition) is 8. The highest BCUT2D eigenvalue weighted by Gasteiger charge is 2.22. The topological polar surface area (TPSA) is 117 Å². The highest BCUT2D eigenvalue weighted by atomic mass is 35.5. The zero-order valence-corrected chi connectivity index (χ0v) is 33.6. The average Bonchev–Trinajstić information content (AvgIpc) is 3.97. The van der Waals surface area contributed by atoms with Crippen LogP contribution in [-0.4, -0.2) is 80.6 Å². The first kappa shape index (κ1) is 43.2. The molecule has 0 unspecified atom stereocenters. The molecule has 1 N–H and O–H groups in total. The first-order valence-corrected chi connectivity index (χ1v) is 19.5. The molecule has 0 radical (unpaired) electrons. The minimum absolute atomic E-state index is 0. The van der Waals surface area contributed by atoms with Crippen LogP contribution in [0.5, 0.6) is 0 Å². The van der Waals surface area contributed by atoms with Crippen LogP contribution in [0.1, 0.15) is 71.1 Å². The lowest BCUT2D eigenvalue weighted by atomic mass is 10.2. The van der Waals surface area contributed by atoms with E-state index in [-0.39, 0.29) is 13.3 Å². The monoisotopic (exact) mass is 780 g/mol. The number of anilines is 3. The van der Waals surface area contributed by atoms with Crippen molar-refractivity contribution in [2.24, 2.45) is 0 Å². The largest absolute Gasteiger partial charge is 0.346 e. The van der Waals surface area contributed by atoms with Gasteiger partial charge >= 0.3 is 5.37 Å². The van der Waals surface area contributed by atoms with E-state index < -0.39 is 5.37 Å². The predicted octanol–water partition coefficient (Wildman–Crippen LogP) is 8.54. The van der Waals surface area contributed by atoms with Crippen LogP contribution < -0.4 is 20.0 Å². The summed E-state index contributed by atoms with van der Waals surface area (Å²) in [4.78, 5) is 46.6. The maximum atomic E-state index is 12.1. The van der Waals surface area contributed by atoms with Crippen molar-refractivity contribution in [3.8, 4) is 0 Å². The third-order valence-electron chi connectivity index (χ3n) is 9.68. The van der Waals surface area contributed by atoms with Gasteiger partial charge in [0.05, 0.1) is 36.0 Å². The third kappa shape index (κ3) is 10.6. The molecule has 2 aromatic carbocycles. The molecule has 5 heterocycles. The Morgan fingerprint density at radius 1 is 0.768 bits per heavy atom. The zero-order valence-electron chi connectivity index (χ0n) is 32.9. The lowest BCUT2D eigenvalue weighted by Gasteiger charge is -2.21. The van der Waals surface area contributed by atoms with Crippen molar-refractivity contribution in [2.45, 2.75) is 73.9 Å². The molecule has 298 valence electrons. The number of amides is 2. The van der Waals surface area contributed by atoms with Gasteiger partial charge in [-0.3, -0.25) is 9.59 Å². The highest BCUT2D eigenvalue weighted by Crippen LogP contribution is 2.29. The summed E-state index contributed by atoms with van der Waals surface area (Å²) < 4.78 is 4.53. The molecule has 0 spiro atoms. The van der Waals surface area contributed by atoms with E-state index in [1.54, 1.807) is 18.1 Å². The Hall–Kier alpha value is -5.49. The Labute approximate surface area is 336 Å². The quantitative estimate of drug-likeness (QED) is 0.103. The van der Waals surface area contributed by atoms with Crippen LogP contribution in [0, 0.1) is 0 Å². The summed E-state index contributed by atoms with van der Waals surface area (Å²) in [5, 5.41) is 1.63. The Morgan fingerprint density at radius 3 is 1.84 bits per heavy atom. The smallest absolute Gasteiger partial charge is 0.313 e. The number of carbonyl (C=O) groups is 2. The molecule has 13 heteroatoms. The average molecular weight is 781 g/mol. The Kier molecular flexibility index (Phi) is 16.2. The molecule has 12 nitrogen and oxygen atoms in total. The van der Waals surface area contributed by atoms with E-state index in [0.717, 1.165) is 85.6 Å². The van der Waals surface area contributed by atoms with E-state index in [4.69, 9.17) is 21.6 Å². The van der Waals surface area contributed by atoms with Gasteiger partial charge in [-0.15, -0.1) is 0 Å². The minimum Gasteiger partial charge on any atom is -0.346 e. The molecule has 2 amide bonds. The van der Waals surface area contributed by atoms with Crippen LogP contribution in [0.2, 0.25) is 0 Å². The SMILES string of the molecule is C.CCC(=O)N(C)c1cnc2nc(N3CCCC3)n(Cc3ccccc3)c2c1.CCc1cnc2nc(N(CC)CC)n(Cc3ccccc3)c2c1.CNC(=O)Cl. The number of carbonyl (C=O) groups excluding carboxylic acids is 2. The number of halogens is 1. The molecule has 6 aromatic rings. The molecule has 1 saturated heterocycles. The number of nitrogens with one attached hydrogen (secondary N) is 1. The van der Waals surface area contributed by atoms with Crippen LogP contribution in [-0.2, 0) is 24.3 Å². The molecule has 7 rings (SSSR count). The van der Waals surface area contributed by atoms with E-state index in [1.807, 2.05) is 25.3 Å². The van der Waals surface area contributed by atoms with Crippen molar-refractivity contribution in [1.82, 2.24) is 34.4 Å². The molecule has 0 atom stereocenters. The number of nitrogens with zero attached hydrogens (tertiary/aromatic N) is 9. The van der Waals surface area contributed by atoms with E-state index in [0.29, 0.717) is 6.42 Å². The van der Waals surface area contributed by atoms with E-state index in [1.165, 1.54) is 36.6 Å². The molecule has 4 aromatic heterocycles. The van der Waals surface area contributed by atoms with Crippen LogP contribution in [0.4, 0.5) is 22.4 Å². The molecule has 1 aliphatic rings. The zero-order chi connectivity index (χ0) is 39.3. The molecule has 0 bridgehead atoms. The van der Waals surface area contributed by atoms with Crippen molar-refractivity contribution in [2.75, 3.05) is 55.0 Å². The first-order chi connectivity index (χ1) is 26.7. The lowest BCUT2D eigenvalue weighted by Crippen LogP contribution is -2.25. The maximum Gasteiger partial charge on any atom is 0.313 e. The number of imidazole rings is 2. The summed E-state index contributed by atoms with van der Waals surface area (Å²) in [6.45, 7) is 13.9. The van der Waals surface area contributed by atoms with Gasteiger partial charge in [-0.05, 0) is 73.5 Å². The number of fused-ring (bicyclic) bond motifs is 2. The summed E-state index contributed by atoms with van der Waals surface area (Å²) in [6, 6.07) is 25.2. The molecular weight excluding hydrogens is 724 g/mol. The number of benzene rings is 2. The van der Waals surface area contributed by atoms with Gasteiger partial charge < -0.3 is 29.2 Å². The van der Waals surface area contributed by atoms with Crippen molar-refractivity contribution in [1.29, 1.82) is 0 Å². The van der Waals surface area contributed by atoms with Gasteiger partial charge in [-0.2, -0.15) is 9.97 Å². The second kappa shape index (κ2) is 21.0. The van der Waals surface area contributed by atoms with Gasteiger partial charge in [-0.1, -0.05) is 81.9 Å². The third-order valence-corrected chi connectivity index (χ3v) is 9.87. The van der Waals surface area contributed by atoms with Crippen LogP contribution in [0.15, 0.2) is 85.2 Å². The van der Waals surface area contributed by atoms with Crippen LogP contribution in [0.25, 0.3) is 22.3 Å². The molecular formula is C43H57ClN10O2.